The molecule has 0 spiro atoms. The summed E-state index contributed by atoms with van der Waals surface area (Å²) in [6, 6.07) is 12.4. The molecule has 2 atom stereocenters. The molecule has 1 heterocycles. The second kappa shape index (κ2) is 7.64. The quantitative estimate of drug-likeness (QED) is 0.881. The van der Waals surface area contributed by atoms with Gasteiger partial charge in [0.05, 0.1) is 26.9 Å². The molecule has 1 aliphatic rings. The van der Waals surface area contributed by atoms with Crippen LogP contribution in [0, 0.1) is 5.82 Å². The van der Waals surface area contributed by atoms with Crippen LogP contribution in [0.3, 0.4) is 0 Å². The van der Waals surface area contributed by atoms with Gasteiger partial charge in [0.2, 0.25) is 0 Å². The van der Waals surface area contributed by atoms with E-state index in [-0.39, 0.29) is 17.9 Å². The van der Waals surface area contributed by atoms with E-state index >= 15 is 0 Å². The lowest BCUT2D eigenvalue weighted by atomic mass is 9.96. The Balaban J connectivity index is 2.02. The normalized spacial score (nSPS) is 18.4. The van der Waals surface area contributed by atoms with E-state index in [4.69, 9.17) is 14.2 Å². The summed E-state index contributed by atoms with van der Waals surface area (Å²) in [5.74, 6) is 1.12. The largest absolute Gasteiger partial charge is 0.497 e. The Morgan fingerprint density at radius 3 is 2.75 bits per heavy atom. The molecule has 0 amide bonds. The first-order chi connectivity index (χ1) is 11.7. The second-order valence-electron chi connectivity index (χ2n) is 5.82. The van der Waals surface area contributed by atoms with Crippen LogP contribution in [-0.2, 0) is 4.74 Å². The number of methoxy groups -OCH3 is 2. The van der Waals surface area contributed by atoms with Gasteiger partial charge in [0.1, 0.15) is 17.3 Å². The Bertz CT molecular complexity index is 686. The summed E-state index contributed by atoms with van der Waals surface area (Å²) in [6.45, 7) is 1.39. The van der Waals surface area contributed by atoms with Crippen molar-refractivity contribution in [1.82, 2.24) is 5.32 Å². The van der Waals surface area contributed by atoms with Crippen molar-refractivity contribution in [3.05, 3.63) is 59.4 Å². The van der Waals surface area contributed by atoms with Crippen molar-refractivity contribution < 1.29 is 18.6 Å². The van der Waals surface area contributed by atoms with Gasteiger partial charge in [-0.1, -0.05) is 12.1 Å². The maximum absolute atomic E-state index is 13.9. The minimum atomic E-state index is -0.289. The summed E-state index contributed by atoms with van der Waals surface area (Å²) in [5.41, 5.74) is 1.75. The summed E-state index contributed by atoms with van der Waals surface area (Å²) < 4.78 is 30.1. The Hall–Kier alpha value is -2.11. The Morgan fingerprint density at radius 2 is 2.04 bits per heavy atom. The van der Waals surface area contributed by atoms with Crippen molar-refractivity contribution in [2.45, 2.75) is 18.5 Å². The average molecular weight is 331 g/mol. The molecular weight excluding hydrogens is 309 g/mol. The minimum absolute atomic E-state index is 0.211. The van der Waals surface area contributed by atoms with Crippen LogP contribution in [0.25, 0.3) is 0 Å². The molecule has 128 valence electrons. The van der Waals surface area contributed by atoms with E-state index in [9.17, 15) is 4.39 Å². The zero-order valence-electron chi connectivity index (χ0n) is 13.9. The highest BCUT2D eigenvalue weighted by atomic mass is 19.1. The van der Waals surface area contributed by atoms with E-state index in [0.29, 0.717) is 12.4 Å². The molecule has 4 nitrogen and oxygen atoms in total. The van der Waals surface area contributed by atoms with E-state index in [0.717, 1.165) is 29.9 Å². The third kappa shape index (κ3) is 3.68. The van der Waals surface area contributed by atoms with Gasteiger partial charge in [-0.2, -0.15) is 0 Å². The smallest absolute Gasteiger partial charge is 0.124 e. The van der Waals surface area contributed by atoms with Crippen molar-refractivity contribution in [2.24, 2.45) is 0 Å². The van der Waals surface area contributed by atoms with Gasteiger partial charge in [-0.3, -0.25) is 0 Å². The molecule has 0 radical (unpaired) electrons. The maximum atomic E-state index is 13.9. The molecule has 0 bridgehead atoms. The van der Waals surface area contributed by atoms with Crippen LogP contribution in [-0.4, -0.2) is 33.5 Å². The lowest BCUT2D eigenvalue weighted by Crippen LogP contribution is -2.34. The molecule has 1 saturated heterocycles. The lowest BCUT2D eigenvalue weighted by molar-refractivity contribution is 0.188. The molecule has 3 rings (SSSR count). The van der Waals surface area contributed by atoms with Crippen molar-refractivity contribution in [1.29, 1.82) is 0 Å². The fraction of sp³-hybridized carbons (Fsp3) is 0.368. The standard InChI is InChI=1S/C19H22FNO3/c1-22-16-5-3-4-13(10-16)19(21-15-8-9-24-12-15)17-11-14(20)6-7-18(17)23-2/h3-7,10-11,15,19,21H,8-9,12H2,1-2H3. The first-order valence-electron chi connectivity index (χ1n) is 8.02. The van der Waals surface area contributed by atoms with Crippen LogP contribution in [0.2, 0.25) is 0 Å². The Morgan fingerprint density at radius 1 is 1.17 bits per heavy atom. The number of hydrogen-bond donors (Lipinski definition) is 1. The summed E-state index contributed by atoms with van der Waals surface area (Å²) in [7, 11) is 3.23. The maximum Gasteiger partial charge on any atom is 0.124 e. The van der Waals surface area contributed by atoms with E-state index in [2.05, 4.69) is 5.32 Å². The zero-order chi connectivity index (χ0) is 16.9. The van der Waals surface area contributed by atoms with E-state index in [1.165, 1.54) is 12.1 Å². The van der Waals surface area contributed by atoms with Gasteiger partial charge in [-0.05, 0) is 42.3 Å². The van der Waals surface area contributed by atoms with Crippen LogP contribution < -0.4 is 14.8 Å². The zero-order valence-corrected chi connectivity index (χ0v) is 13.9. The first-order valence-corrected chi connectivity index (χ1v) is 8.02. The first kappa shape index (κ1) is 16.7. The van der Waals surface area contributed by atoms with Crippen LogP contribution in [0.5, 0.6) is 11.5 Å². The van der Waals surface area contributed by atoms with Gasteiger partial charge >= 0.3 is 0 Å². The van der Waals surface area contributed by atoms with Crippen LogP contribution in [0.15, 0.2) is 42.5 Å². The molecule has 2 aromatic rings. The Labute approximate surface area is 141 Å². The van der Waals surface area contributed by atoms with Gasteiger partial charge in [-0.25, -0.2) is 4.39 Å². The minimum Gasteiger partial charge on any atom is -0.497 e. The predicted octanol–water partition coefficient (Wildman–Crippen LogP) is 3.31. The van der Waals surface area contributed by atoms with Crippen molar-refractivity contribution in [3.8, 4) is 11.5 Å². The number of hydrogen-bond acceptors (Lipinski definition) is 4. The molecule has 0 saturated carbocycles. The van der Waals surface area contributed by atoms with Crippen LogP contribution in [0.4, 0.5) is 4.39 Å². The molecule has 2 aromatic carbocycles. The van der Waals surface area contributed by atoms with Gasteiger partial charge in [0.25, 0.3) is 0 Å². The monoisotopic (exact) mass is 331 g/mol. The number of benzene rings is 2. The van der Waals surface area contributed by atoms with Gasteiger partial charge in [0, 0.05) is 18.2 Å². The average Bonchev–Trinajstić information content (AvgIpc) is 3.13. The summed E-state index contributed by atoms with van der Waals surface area (Å²) in [5, 5.41) is 3.57. The summed E-state index contributed by atoms with van der Waals surface area (Å²) in [6.07, 6.45) is 0.929. The van der Waals surface area contributed by atoms with Crippen molar-refractivity contribution >= 4 is 0 Å². The summed E-state index contributed by atoms with van der Waals surface area (Å²) in [4.78, 5) is 0. The third-order valence-corrected chi connectivity index (χ3v) is 4.26. The number of rotatable bonds is 6. The highest BCUT2D eigenvalue weighted by molar-refractivity contribution is 5.44. The molecule has 5 heteroatoms. The van der Waals surface area contributed by atoms with Crippen molar-refractivity contribution in [3.63, 3.8) is 0 Å². The molecule has 2 unspecified atom stereocenters. The highest BCUT2D eigenvalue weighted by Crippen LogP contribution is 2.33. The molecule has 0 aliphatic carbocycles. The molecule has 0 aromatic heterocycles. The van der Waals surface area contributed by atoms with E-state index in [1.807, 2.05) is 24.3 Å². The van der Waals surface area contributed by atoms with Crippen LogP contribution >= 0.6 is 0 Å². The van der Waals surface area contributed by atoms with Gasteiger partial charge in [-0.15, -0.1) is 0 Å². The van der Waals surface area contributed by atoms with Crippen LogP contribution in [0.1, 0.15) is 23.6 Å². The SMILES string of the molecule is COc1cccc(C(NC2CCOC2)c2cc(F)ccc2OC)c1. The Kier molecular flexibility index (Phi) is 5.33. The molecule has 1 fully saturated rings. The summed E-state index contributed by atoms with van der Waals surface area (Å²) >= 11 is 0. The predicted molar refractivity (Wildman–Crippen MR) is 90.1 cm³/mol. The second-order valence-corrected chi connectivity index (χ2v) is 5.82. The number of nitrogens with one attached hydrogen (secondary N) is 1. The van der Waals surface area contributed by atoms with E-state index < -0.39 is 0 Å². The molecular formula is C19H22FNO3. The number of halogens is 1. The van der Waals surface area contributed by atoms with Gasteiger partial charge in [0.15, 0.2) is 0 Å². The highest BCUT2D eigenvalue weighted by Gasteiger charge is 2.25. The molecule has 1 aliphatic heterocycles. The van der Waals surface area contributed by atoms with Crippen molar-refractivity contribution in [2.75, 3.05) is 27.4 Å². The topological polar surface area (TPSA) is 39.7 Å². The third-order valence-electron chi connectivity index (χ3n) is 4.26. The molecule has 24 heavy (non-hydrogen) atoms. The lowest BCUT2D eigenvalue weighted by Gasteiger charge is -2.25. The molecule has 1 N–H and O–H groups in total. The fourth-order valence-corrected chi connectivity index (χ4v) is 3.02. The number of ether oxygens (including phenoxy) is 3. The van der Waals surface area contributed by atoms with Gasteiger partial charge < -0.3 is 19.5 Å². The van der Waals surface area contributed by atoms with E-state index in [1.54, 1.807) is 20.3 Å². The fourth-order valence-electron chi connectivity index (χ4n) is 3.02.